The van der Waals surface area contributed by atoms with Gasteiger partial charge in [0.2, 0.25) is 0 Å². The van der Waals surface area contributed by atoms with Crippen LogP contribution in [-0.2, 0) is 9.84 Å². The summed E-state index contributed by atoms with van der Waals surface area (Å²) in [6.45, 7) is 2.87. The van der Waals surface area contributed by atoms with E-state index in [0.717, 1.165) is 19.1 Å². The van der Waals surface area contributed by atoms with Gasteiger partial charge >= 0.3 is 0 Å². The minimum Gasteiger partial charge on any atom is -0.352 e. The van der Waals surface area contributed by atoms with Crippen LogP contribution in [0.5, 0.6) is 0 Å². The molecule has 0 saturated heterocycles. The predicted molar refractivity (Wildman–Crippen MR) is 89.9 cm³/mol. The van der Waals surface area contributed by atoms with Gasteiger partial charge in [-0.15, -0.1) is 0 Å². The molecule has 0 aliphatic heterocycles. The van der Waals surface area contributed by atoms with Crippen LogP contribution in [0, 0.1) is 0 Å². The Balaban J connectivity index is 2.25. The van der Waals surface area contributed by atoms with Crippen LogP contribution in [0.2, 0.25) is 0 Å². The van der Waals surface area contributed by atoms with Gasteiger partial charge in [-0.3, -0.25) is 4.79 Å². The topological polar surface area (TPSA) is 63.2 Å². The smallest absolute Gasteiger partial charge is 0.251 e. The number of amides is 1. The van der Waals surface area contributed by atoms with Crippen LogP contribution in [0.4, 0.5) is 0 Å². The predicted octanol–water partition coefficient (Wildman–Crippen LogP) is 3.57. The Morgan fingerprint density at radius 1 is 0.955 bits per heavy atom. The summed E-state index contributed by atoms with van der Waals surface area (Å²) >= 11 is 0. The molecular formula is C17H27NO3S. The van der Waals surface area contributed by atoms with Crippen molar-refractivity contribution < 1.29 is 13.2 Å². The lowest BCUT2D eigenvalue weighted by Crippen LogP contribution is -2.24. The maximum atomic E-state index is 11.9. The summed E-state index contributed by atoms with van der Waals surface area (Å²) in [4.78, 5) is 12.2. The normalized spacial score (nSPS) is 11.4. The van der Waals surface area contributed by atoms with E-state index in [1.54, 1.807) is 12.1 Å². The molecule has 0 aliphatic rings. The van der Waals surface area contributed by atoms with Gasteiger partial charge in [0.1, 0.15) is 0 Å². The molecule has 1 aromatic rings. The van der Waals surface area contributed by atoms with Gasteiger partial charge in [0.05, 0.1) is 4.90 Å². The first-order chi connectivity index (χ1) is 10.4. The number of hydrogen-bond donors (Lipinski definition) is 1. The van der Waals surface area contributed by atoms with Crippen LogP contribution in [0.3, 0.4) is 0 Å². The van der Waals surface area contributed by atoms with E-state index < -0.39 is 9.84 Å². The number of unbranched alkanes of at least 4 members (excludes halogenated alkanes) is 6. The average Bonchev–Trinajstić information content (AvgIpc) is 2.49. The third-order valence-corrected chi connectivity index (χ3v) is 4.74. The summed E-state index contributed by atoms with van der Waals surface area (Å²) in [6.07, 6.45) is 9.64. The first-order valence-corrected chi connectivity index (χ1v) is 9.92. The van der Waals surface area contributed by atoms with E-state index in [1.165, 1.54) is 44.2 Å². The minimum atomic E-state index is -3.21. The first kappa shape index (κ1) is 18.7. The molecule has 0 aromatic heterocycles. The first-order valence-electron chi connectivity index (χ1n) is 8.03. The Bertz CT molecular complexity index is 550. The van der Waals surface area contributed by atoms with Gasteiger partial charge in [0.25, 0.3) is 5.91 Å². The number of benzene rings is 1. The van der Waals surface area contributed by atoms with E-state index in [0.29, 0.717) is 12.1 Å². The molecule has 1 aromatic carbocycles. The van der Waals surface area contributed by atoms with Crippen molar-refractivity contribution in [3.05, 3.63) is 29.8 Å². The summed E-state index contributed by atoms with van der Waals surface area (Å²) in [5.74, 6) is -0.147. The molecule has 5 heteroatoms. The summed E-state index contributed by atoms with van der Waals surface area (Å²) in [6, 6.07) is 6.04. The van der Waals surface area contributed by atoms with Gasteiger partial charge in [-0.1, -0.05) is 45.4 Å². The van der Waals surface area contributed by atoms with Crippen molar-refractivity contribution in [2.24, 2.45) is 0 Å². The highest BCUT2D eigenvalue weighted by molar-refractivity contribution is 7.90. The second-order valence-electron chi connectivity index (χ2n) is 5.67. The molecule has 0 heterocycles. The van der Waals surface area contributed by atoms with Crippen LogP contribution in [0.1, 0.15) is 62.2 Å². The molecular weight excluding hydrogens is 298 g/mol. The Hall–Kier alpha value is -1.36. The van der Waals surface area contributed by atoms with Gasteiger partial charge in [-0.25, -0.2) is 8.42 Å². The molecule has 1 N–H and O–H groups in total. The Kier molecular flexibility index (Phi) is 8.17. The zero-order valence-corrected chi connectivity index (χ0v) is 14.4. The number of hydrogen-bond acceptors (Lipinski definition) is 3. The quantitative estimate of drug-likeness (QED) is 0.669. The van der Waals surface area contributed by atoms with Crippen molar-refractivity contribution in [1.82, 2.24) is 5.32 Å². The van der Waals surface area contributed by atoms with Crippen LogP contribution >= 0.6 is 0 Å². The summed E-state index contributed by atoms with van der Waals surface area (Å²) in [5.41, 5.74) is 0.496. The lowest BCUT2D eigenvalue weighted by molar-refractivity contribution is 0.0953. The van der Waals surface area contributed by atoms with Crippen LogP contribution in [-0.4, -0.2) is 27.1 Å². The number of carbonyl (C=O) groups excluding carboxylic acids is 1. The van der Waals surface area contributed by atoms with Crippen molar-refractivity contribution in [3.63, 3.8) is 0 Å². The van der Waals surface area contributed by atoms with Crippen molar-refractivity contribution in [1.29, 1.82) is 0 Å². The van der Waals surface area contributed by atoms with Crippen molar-refractivity contribution >= 4 is 15.7 Å². The average molecular weight is 325 g/mol. The maximum Gasteiger partial charge on any atom is 0.251 e. The molecule has 124 valence electrons. The lowest BCUT2D eigenvalue weighted by atomic mass is 10.1. The highest BCUT2D eigenvalue weighted by atomic mass is 32.2. The van der Waals surface area contributed by atoms with Gasteiger partial charge in [0.15, 0.2) is 9.84 Å². The maximum absolute atomic E-state index is 11.9. The van der Waals surface area contributed by atoms with E-state index in [4.69, 9.17) is 0 Å². The molecule has 0 spiro atoms. The fourth-order valence-electron chi connectivity index (χ4n) is 2.24. The molecule has 1 amide bonds. The molecule has 0 saturated carbocycles. The zero-order valence-electron chi connectivity index (χ0n) is 13.6. The van der Waals surface area contributed by atoms with E-state index >= 15 is 0 Å². The van der Waals surface area contributed by atoms with E-state index in [9.17, 15) is 13.2 Å². The molecule has 0 atom stereocenters. The van der Waals surface area contributed by atoms with Crippen molar-refractivity contribution in [2.45, 2.75) is 56.8 Å². The number of rotatable bonds is 10. The third-order valence-electron chi connectivity index (χ3n) is 3.61. The summed E-state index contributed by atoms with van der Waals surface area (Å²) in [5, 5.41) is 2.87. The van der Waals surface area contributed by atoms with E-state index in [1.807, 2.05) is 0 Å². The fraction of sp³-hybridized carbons (Fsp3) is 0.588. The van der Waals surface area contributed by atoms with Gasteiger partial charge in [0, 0.05) is 18.4 Å². The highest BCUT2D eigenvalue weighted by Crippen LogP contribution is 2.10. The molecule has 4 nitrogen and oxygen atoms in total. The van der Waals surface area contributed by atoms with Crippen molar-refractivity contribution in [2.75, 3.05) is 12.8 Å². The van der Waals surface area contributed by atoms with E-state index in [-0.39, 0.29) is 10.8 Å². The number of carbonyl (C=O) groups is 1. The molecule has 0 unspecified atom stereocenters. The Morgan fingerprint density at radius 2 is 1.50 bits per heavy atom. The van der Waals surface area contributed by atoms with Gasteiger partial charge in [-0.2, -0.15) is 0 Å². The van der Waals surface area contributed by atoms with Crippen LogP contribution in [0.15, 0.2) is 29.2 Å². The molecule has 22 heavy (non-hydrogen) atoms. The van der Waals surface area contributed by atoms with Gasteiger partial charge < -0.3 is 5.32 Å². The molecule has 0 radical (unpaired) electrons. The standard InChI is InChI=1S/C17H27NO3S/c1-3-4-5-6-7-8-9-14-18-17(19)15-10-12-16(13-11-15)22(2,20)21/h10-13H,3-9,14H2,1-2H3,(H,18,19). The Morgan fingerprint density at radius 3 is 2.05 bits per heavy atom. The third kappa shape index (κ3) is 7.07. The highest BCUT2D eigenvalue weighted by Gasteiger charge is 2.09. The number of sulfone groups is 1. The minimum absolute atomic E-state index is 0.147. The zero-order chi connectivity index (χ0) is 16.4. The fourth-order valence-corrected chi connectivity index (χ4v) is 2.87. The van der Waals surface area contributed by atoms with Crippen LogP contribution < -0.4 is 5.32 Å². The molecule has 0 aliphatic carbocycles. The Labute approximate surface area is 134 Å². The lowest BCUT2D eigenvalue weighted by Gasteiger charge is -2.06. The second kappa shape index (κ2) is 9.62. The van der Waals surface area contributed by atoms with Gasteiger partial charge in [-0.05, 0) is 30.7 Å². The summed E-state index contributed by atoms with van der Waals surface area (Å²) in [7, 11) is -3.21. The SMILES string of the molecule is CCCCCCCCCNC(=O)c1ccc(S(C)(=O)=O)cc1. The molecule has 0 bridgehead atoms. The molecule has 0 fully saturated rings. The largest absolute Gasteiger partial charge is 0.352 e. The van der Waals surface area contributed by atoms with Crippen molar-refractivity contribution in [3.8, 4) is 0 Å². The monoisotopic (exact) mass is 325 g/mol. The van der Waals surface area contributed by atoms with Crippen LogP contribution in [0.25, 0.3) is 0 Å². The molecule has 1 rings (SSSR count). The van der Waals surface area contributed by atoms with E-state index in [2.05, 4.69) is 12.2 Å². The second-order valence-corrected chi connectivity index (χ2v) is 7.69. The number of nitrogens with one attached hydrogen (secondary N) is 1. The summed E-state index contributed by atoms with van der Waals surface area (Å²) < 4.78 is 22.7.